The van der Waals surface area contributed by atoms with Gasteiger partial charge in [0.25, 0.3) is 0 Å². The molecule has 78 valence electrons. The van der Waals surface area contributed by atoms with E-state index in [9.17, 15) is 0 Å². The summed E-state index contributed by atoms with van der Waals surface area (Å²) in [6.07, 6.45) is 2.57. The zero-order valence-corrected chi connectivity index (χ0v) is 8.53. The van der Waals surface area contributed by atoms with E-state index in [-0.39, 0.29) is 0 Å². The van der Waals surface area contributed by atoms with Crippen LogP contribution < -0.4 is 0 Å². The summed E-state index contributed by atoms with van der Waals surface area (Å²) in [5, 5.41) is 0. The maximum absolute atomic E-state index is 5.07. The fraction of sp³-hybridized carbons (Fsp3) is 0.600. The number of hydrogen-bond acceptors (Lipinski definition) is 4. The van der Waals surface area contributed by atoms with Crippen molar-refractivity contribution in [3.05, 3.63) is 12.7 Å². The number of hydrogen-bond donors (Lipinski definition) is 0. The zero-order chi connectivity index (χ0) is 10.2. The van der Waals surface area contributed by atoms with Crippen LogP contribution in [-0.2, 0) is 9.47 Å². The van der Waals surface area contributed by atoms with Crippen LogP contribution in [0, 0.1) is 0 Å². The molecule has 2 aliphatic heterocycles. The maximum atomic E-state index is 5.07. The van der Waals surface area contributed by atoms with Gasteiger partial charge < -0.3 is 9.47 Å². The van der Waals surface area contributed by atoms with Gasteiger partial charge in [-0.05, 0) is 0 Å². The van der Waals surface area contributed by atoms with Crippen LogP contribution in [-0.4, -0.2) is 38.1 Å². The van der Waals surface area contributed by atoms with Gasteiger partial charge in [-0.1, -0.05) is 6.08 Å². The van der Waals surface area contributed by atoms with Crippen LogP contribution in [0.4, 0.5) is 0 Å². The minimum atomic E-state index is 0.753. The normalized spacial score (nSPS) is 18.4. The summed E-state index contributed by atoms with van der Waals surface area (Å²) in [6.45, 7) is 8.64. The monoisotopic (exact) mass is 196 g/mol. The average molecular weight is 196 g/mol. The maximum Gasteiger partial charge on any atom is 0.187 e. The molecule has 0 saturated heterocycles. The molecule has 2 rings (SSSR count). The Balaban J connectivity index is 0.000000146. The molecule has 4 heteroatoms. The van der Waals surface area contributed by atoms with Gasteiger partial charge in [0.2, 0.25) is 0 Å². The smallest absolute Gasteiger partial charge is 0.187 e. The quantitative estimate of drug-likeness (QED) is 0.627. The molecule has 0 aromatic heterocycles. The van der Waals surface area contributed by atoms with Crippen molar-refractivity contribution in [3.63, 3.8) is 0 Å². The van der Waals surface area contributed by atoms with Crippen molar-refractivity contribution >= 4 is 11.8 Å². The first-order valence-corrected chi connectivity index (χ1v) is 4.74. The summed E-state index contributed by atoms with van der Waals surface area (Å²) in [7, 11) is 0. The summed E-state index contributed by atoms with van der Waals surface area (Å²) < 4.78 is 9.97. The lowest BCUT2D eigenvalue weighted by atomic mass is 10.4. The molecule has 0 unspecified atom stereocenters. The van der Waals surface area contributed by atoms with Crippen molar-refractivity contribution < 1.29 is 9.47 Å². The molecule has 2 heterocycles. The lowest BCUT2D eigenvalue weighted by Gasteiger charge is -1.92. The topological polar surface area (TPSA) is 43.2 Å². The third-order valence-corrected chi connectivity index (χ3v) is 1.70. The van der Waals surface area contributed by atoms with Crippen molar-refractivity contribution in [2.24, 2.45) is 9.98 Å². The van der Waals surface area contributed by atoms with E-state index in [1.165, 1.54) is 0 Å². The van der Waals surface area contributed by atoms with Crippen LogP contribution in [0.1, 0.15) is 13.3 Å². The summed E-state index contributed by atoms with van der Waals surface area (Å²) in [4.78, 5) is 7.98. The van der Waals surface area contributed by atoms with Crippen LogP contribution in [0.15, 0.2) is 22.6 Å². The molecule has 0 bridgehead atoms. The second-order valence-electron chi connectivity index (χ2n) is 2.87. The lowest BCUT2D eigenvalue weighted by molar-refractivity contribution is 0.341. The van der Waals surface area contributed by atoms with Crippen molar-refractivity contribution in [2.45, 2.75) is 13.3 Å². The van der Waals surface area contributed by atoms with E-state index in [0.717, 1.165) is 44.5 Å². The molecule has 0 atom stereocenters. The van der Waals surface area contributed by atoms with Crippen LogP contribution >= 0.6 is 0 Å². The molecule has 0 radical (unpaired) electrons. The van der Waals surface area contributed by atoms with Gasteiger partial charge >= 0.3 is 0 Å². The summed E-state index contributed by atoms with van der Waals surface area (Å²) in [5.74, 6) is 1.66. The Morgan fingerprint density at radius 1 is 1.29 bits per heavy atom. The standard InChI is InChI=1S/C6H9NO.C4H7NO/c1-2-3-6-7-4-5-8-6;1-4-5-2-3-6-4/h2H,1,3-5H2;2-3H2,1H3. The Labute approximate surface area is 84.3 Å². The number of rotatable bonds is 2. The van der Waals surface area contributed by atoms with Crippen molar-refractivity contribution in [1.29, 1.82) is 0 Å². The molecule has 0 N–H and O–H groups in total. The highest BCUT2D eigenvalue weighted by atomic mass is 16.5. The van der Waals surface area contributed by atoms with Crippen molar-refractivity contribution in [3.8, 4) is 0 Å². The van der Waals surface area contributed by atoms with Gasteiger partial charge in [0, 0.05) is 13.3 Å². The van der Waals surface area contributed by atoms with Crippen LogP contribution in [0.25, 0.3) is 0 Å². The lowest BCUT2D eigenvalue weighted by Crippen LogP contribution is -1.95. The molecule has 2 aliphatic rings. The van der Waals surface area contributed by atoms with E-state index in [0.29, 0.717) is 0 Å². The highest BCUT2D eigenvalue weighted by Crippen LogP contribution is 1.97. The van der Waals surface area contributed by atoms with Gasteiger partial charge in [0.1, 0.15) is 13.2 Å². The summed E-state index contributed by atoms with van der Waals surface area (Å²) in [5.41, 5.74) is 0. The predicted molar refractivity (Wildman–Crippen MR) is 57.0 cm³/mol. The van der Waals surface area contributed by atoms with Gasteiger partial charge in [-0.3, -0.25) is 9.98 Å². The molecule has 14 heavy (non-hydrogen) atoms. The fourth-order valence-electron chi connectivity index (χ4n) is 1.07. The Kier molecular flexibility index (Phi) is 4.75. The first-order chi connectivity index (χ1) is 6.83. The van der Waals surface area contributed by atoms with Gasteiger partial charge in [0.05, 0.1) is 13.1 Å². The van der Waals surface area contributed by atoms with E-state index in [1.807, 2.05) is 6.92 Å². The highest BCUT2D eigenvalue weighted by molar-refractivity contribution is 5.78. The van der Waals surface area contributed by atoms with Crippen LogP contribution in [0.5, 0.6) is 0 Å². The highest BCUT2D eigenvalue weighted by Gasteiger charge is 2.02. The van der Waals surface area contributed by atoms with E-state index < -0.39 is 0 Å². The third-order valence-electron chi connectivity index (χ3n) is 1.70. The molecule has 0 fully saturated rings. The fourth-order valence-corrected chi connectivity index (χ4v) is 1.07. The Morgan fingerprint density at radius 2 is 2.00 bits per heavy atom. The molecule has 0 aromatic carbocycles. The molecule has 0 spiro atoms. The SMILES string of the molecule is C=CCC1=NCCO1.CC1=NCCO1. The zero-order valence-electron chi connectivity index (χ0n) is 8.53. The van der Waals surface area contributed by atoms with Crippen LogP contribution in [0.2, 0.25) is 0 Å². The van der Waals surface area contributed by atoms with Gasteiger partial charge in [-0.15, -0.1) is 6.58 Å². The van der Waals surface area contributed by atoms with Gasteiger partial charge in [0.15, 0.2) is 11.8 Å². The first kappa shape index (κ1) is 10.8. The van der Waals surface area contributed by atoms with Crippen molar-refractivity contribution in [2.75, 3.05) is 26.3 Å². The summed E-state index contributed by atoms with van der Waals surface area (Å²) in [6, 6.07) is 0. The minimum absolute atomic E-state index is 0.753. The molecular weight excluding hydrogens is 180 g/mol. The first-order valence-electron chi connectivity index (χ1n) is 4.74. The number of nitrogens with zero attached hydrogens (tertiary/aromatic N) is 2. The molecular formula is C10H16N2O2. The Hall–Kier alpha value is -1.32. The van der Waals surface area contributed by atoms with E-state index in [1.54, 1.807) is 6.08 Å². The second-order valence-corrected chi connectivity index (χ2v) is 2.87. The predicted octanol–water partition coefficient (Wildman–Crippen LogP) is 1.43. The Bertz CT molecular complexity index is 247. The molecule has 0 aromatic rings. The minimum Gasteiger partial charge on any atom is -0.479 e. The van der Waals surface area contributed by atoms with E-state index in [2.05, 4.69) is 16.6 Å². The summed E-state index contributed by atoms with van der Waals surface area (Å²) >= 11 is 0. The molecule has 0 amide bonds. The average Bonchev–Trinajstić information content (AvgIpc) is 2.79. The molecule has 4 nitrogen and oxygen atoms in total. The van der Waals surface area contributed by atoms with E-state index >= 15 is 0 Å². The third kappa shape index (κ3) is 4.07. The number of ether oxygens (including phenoxy) is 2. The van der Waals surface area contributed by atoms with Crippen LogP contribution in [0.3, 0.4) is 0 Å². The molecule has 0 saturated carbocycles. The largest absolute Gasteiger partial charge is 0.479 e. The van der Waals surface area contributed by atoms with E-state index in [4.69, 9.17) is 9.47 Å². The van der Waals surface area contributed by atoms with Gasteiger partial charge in [-0.25, -0.2) is 0 Å². The Morgan fingerprint density at radius 3 is 2.36 bits per heavy atom. The van der Waals surface area contributed by atoms with Gasteiger partial charge in [-0.2, -0.15) is 0 Å². The molecule has 0 aliphatic carbocycles. The number of aliphatic imine (C=N–C) groups is 2. The van der Waals surface area contributed by atoms with Crippen molar-refractivity contribution in [1.82, 2.24) is 0 Å². The second kappa shape index (κ2) is 6.18.